The summed E-state index contributed by atoms with van der Waals surface area (Å²) >= 11 is 0. The second-order valence-corrected chi connectivity index (χ2v) is 6.50. The first kappa shape index (κ1) is 18.8. The normalized spacial score (nSPS) is 13.6. The standard InChI is InChI=1S/C21H24N2O4/c1-15-5-3-6-17(13-15)27-12-10-20(24)22-16-8-9-18(19(14-16)26-2)23-11-4-7-21(23)25/h3,5-6,8-9,13-14H,4,7,10-12H2,1-2H3,(H,22,24). The summed E-state index contributed by atoms with van der Waals surface area (Å²) in [4.78, 5) is 25.8. The first-order chi connectivity index (χ1) is 13.1. The van der Waals surface area contributed by atoms with Crippen molar-refractivity contribution >= 4 is 23.2 Å². The average molecular weight is 368 g/mol. The van der Waals surface area contributed by atoms with E-state index in [4.69, 9.17) is 9.47 Å². The topological polar surface area (TPSA) is 67.9 Å². The van der Waals surface area contributed by atoms with Gasteiger partial charge in [-0.15, -0.1) is 0 Å². The Morgan fingerprint density at radius 2 is 2.07 bits per heavy atom. The Morgan fingerprint density at radius 1 is 1.22 bits per heavy atom. The molecule has 0 atom stereocenters. The van der Waals surface area contributed by atoms with Gasteiger partial charge in [0, 0.05) is 24.7 Å². The number of hydrogen-bond donors (Lipinski definition) is 1. The number of amides is 2. The first-order valence-electron chi connectivity index (χ1n) is 9.04. The summed E-state index contributed by atoms with van der Waals surface area (Å²) in [6.45, 7) is 2.98. The zero-order valence-corrected chi connectivity index (χ0v) is 15.7. The van der Waals surface area contributed by atoms with Crippen molar-refractivity contribution < 1.29 is 19.1 Å². The van der Waals surface area contributed by atoms with Gasteiger partial charge >= 0.3 is 0 Å². The van der Waals surface area contributed by atoms with Crippen molar-refractivity contribution in [1.29, 1.82) is 0 Å². The van der Waals surface area contributed by atoms with Gasteiger partial charge in [-0.3, -0.25) is 9.59 Å². The van der Waals surface area contributed by atoms with Gasteiger partial charge in [0.15, 0.2) is 0 Å². The van der Waals surface area contributed by atoms with Gasteiger partial charge in [-0.25, -0.2) is 0 Å². The van der Waals surface area contributed by atoms with Crippen molar-refractivity contribution in [2.45, 2.75) is 26.2 Å². The molecule has 2 amide bonds. The summed E-state index contributed by atoms with van der Waals surface area (Å²) in [6, 6.07) is 13.0. The Morgan fingerprint density at radius 3 is 2.78 bits per heavy atom. The van der Waals surface area contributed by atoms with Crippen LogP contribution in [0.15, 0.2) is 42.5 Å². The van der Waals surface area contributed by atoms with Gasteiger partial charge in [0.2, 0.25) is 11.8 Å². The molecule has 27 heavy (non-hydrogen) atoms. The molecule has 1 aliphatic heterocycles. The molecule has 6 heteroatoms. The van der Waals surface area contributed by atoms with Crippen LogP contribution in [0, 0.1) is 6.92 Å². The first-order valence-corrected chi connectivity index (χ1v) is 9.04. The van der Waals surface area contributed by atoms with Gasteiger partial charge in [0.05, 0.1) is 25.8 Å². The minimum absolute atomic E-state index is 0.0957. The molecule has 0 aliphatic carbocycles. The number of nitrogens with one attached hydrogen (secondary N) is 1. The van der Waals surface area contributed by atoms with Crippen LogP contribution in [0.25, 0.3) is 0 Å². The highest BCUT2D eigenvalue weighted by Gasteiger charge is 2.24. The SMILES string of the molecule is COc1cc(NC(=O)CCOc2cccc(C)c2)ccc1N1CCCC1=O. The number of anilines is 2. The van der Waals surface area contributed by atoms with E-state index >= 15 is 0 Å². The summed E-state index contributed by atoms with van der Waals surface area (Å²) in [5, 5.41) is 2.84. The summed E-state index contributed by atoms with van der Waals surface area (Å²) in [6.07, 6.45) is 1.65. The molecule has 1 fully saturated rings. The van der Waals surface area contributed by atoms with E-state index in [9.17, 15) is 9.59 Å². The minimum atomic E-state index is -0.144. The van der Waals surface area contributed by atoms with Crippen LogP contribution in [0.5, 0.6) is 11.5 Å². The fraction of sp³-hybridized carbons (Fsp3) is 0.333. The van der Waals surface area contributed by atoms with Crippen molar-refractivity contribution in [2.24, 2.45) is 0 Å². The number of ether oxygens (including phenoxy) is 2. The van der Waals surface area contributed by atoms with E-state index in [0.717, 1.165) is 23.4 Å². The fourth-order valence-corrected chi connectivity index (χ4v) is 3.07. The molecule has 0 aromatic heterocycles. The number of carbonyl (C=O) groups is 2. The Labute approximate surface area is 159 Å². The van der Waals surface area contributed by atoms with Crippen molar-refractivity contribution in [1.82, 2.24) is 0 Å². The van der Waals surface area contributed by atoms with Crippen molar-refractivity contribution in [3.63, 3.8) is 0 Å². The zero-order valence-electron chi connectivity index (χ0n) is 15.7. The number of nitrogens with zero attached hydrogens (tertiary/aromatic N) is 1. The van der Waals surface area contributed by atoms with Gasteiger partial charge in [0.1, 0.15) is 11.5 Å². The molecule has 0 unspecified atom stereocenters. The molecule has 1 saturated heterocycles. The molecular weight excluding hydrogens is 344 g/mol. The van der Waals surface area contributed by atoms with Crippen LogP contribution in [0.2, 0.25) is 0 Å². The Bertz CT molecular complexity index is 835. The number of hydrogen-bond acceptors (Lipinski definition) is 4. The number of rotatable bonds is 7. The summed E-state index contributed by atoms with van der Waals surface area (Å²) in [5.41, 5.74) is 2.48. The largest absolute Gasteiger partial charge is 0.494 e. The van der Waals surface area contributed by atoms with Crippen LogP contribution in [0.4, 0.5) is 11.4 Å². The second-order valence-electron chi connectivity index (χ2n) is 6.50. The summed E-state index contributed by atoms with van der Waals surface area (Å²) < 4.78 is 11.0. The lowest BCUT2D eigenvalue weighted by molar-refractivity contribution is -0.117. The van der Waals surface area contributed by atoms with Gasteiger partial charge in [-0.2, -0.15) is 0 Å². The van der Waals surface area contributed by atoms with Crippen LogP contribution in [0.1, 0.15) is 24.8 Å². The Kier molecular flexibility index (Phi) is 5.96. The highest BCUT2D eigenvalue weighted by atomic mass is 16.5. The maximum Gasteiger partial charge on any atom is 0.227 e. The number of benzene rings is 2. The third kappa shape index (κ3) is 4.78. The molecule has 0 spiro atoms. The summed E-state index contributed by atoms with van der Waals surface area (Å²) in [7, 11) is 1.56. The second kappa shape index (κ2) is 8.58. The molecule has 1 aliphatic rings. The van der Waals surface area contributed by atoms with E-state index in [2.05, 4.69) is 5.32 Å². The van der Waals surface area contributed by atoms with Crippen molar-refractivity contribution in [2.75, 3.05) is 30.5 Å². The maximum absolute atomic E-state index is 12.2. The lowest BCUT2D eigenvalue weighted by atomic mass is 10.2. The molecular formula is C21H24N2O4. The molecule has 142 valence electrons. The van der Waals surface area contributed by atoms with E-state index in [1.807, 2.05) is 31.2 Å². The van der Waals surface area contributed by atoms with Crippen LogP contribution in [0.3, 0.4) is 0 Å². The predicted molar refractivity (Wildman–Crippen MR) is 105 cm³/mol. The van der Waals surface area contributed by atoms with Crippen molar-refractivity contribution in [3.05, 3.63) is 48.0 Å². The lowest BCUT2D eigenvalue weighted by Crippen LogP contribution is -2.24. The molecule has 0 bridgehead atoms. The van der Waals surface area contributed by atoms with E-state index in [0.29, 0.717) is 31.0 Å². The minimum Gasteiger partial charge on any atom is -0.494 e. The van der Waals surface area contributed by atoms with Gasteiger partial charge in [0.25, 0.3) is 0 Å². The van der Waals surface area contributed by atoms with E-state index < -0.39 is 0 Å². The molecule has 1 heterocycles. The molecule has 2 aromatic carbocycles. The van der Waals surface area contributed by atoms with E-state index in [-0.39, 0.29) is 18.2 Å². The zero-order chi connectivity index (χ0) is 19.2. The predicted octanol–water partition coefficient (Wildman–Crippen LogP) is 3.54. The molecule has 2 aromatic rings. The maximum atomic E-state index is 12.2. The van der Waals surface area contributed by atoms with Crippen LogP contribution in [-0.4, -0.2) is 32.1 Å². The third-order valence-electron chi connectivity index (χ3n) is 4.42. The third-order valence-corrected chi connectivity index (χ3v) is 4.42. The molecule has 1 N–H and O–H groups in total. The smallest absolute Gasteiger partial charge is 0.227 e. The Hall–Kier alpha value is -3.02. The monoisotopic (exact) mass is 368 g/mol. The molecule has 3 rings (SSSR count). The highest BCUT2D eigenvalue weighted by Crippen LogP contribution is 2.33. The van der Waals surface area contributed by atoms with E-state index in [1.165, 1.54) is 0 Å². The quantitative estimate of drug-likeness (QED) is 0.812. The van der Waals surface area contributed by atoms with Crippen LogP contribution < -0.4 is 19.7 Å². The number of aryl methyl sites for hydroxylation is 1. The lowest BCUT2D eigenvalue weighted by Gasteiger charge is -2.19. The van der Waals surface area contributed by atoms with Gasteiger partial charge < -0.3 is 19.7 Å². The molecule has 0 saturated carbocycles. The number of carbonyl (C=O) groups excluding carboxylic acids is 2. The fourth-order valence-electron chi connectivity index (χ4n) is 3.07. The van der Waals surface area contributed by atoms with Crippen molar-refractivity contribution in [3.8, 4) is 11.5 Å². The summed E-state index contributed by atoms with van der Waals surface area (Å²) in [5.74, 6) is 1.27. The average Bonchev–Trinajstić information content (AvgIpc) is 3.07. The van der Waals surface area contributed by atoms with Gasteiger partial charge in [-0.05, 0) is 43.2 Å². The van der Waals surface area contributed by atoms with Crippen LogP contribution >= 0.6 is 0 Å². The molecule has 0 radical (unpaired) electrons. The van der Waals surface area contributed by atoms with Gasteiger partial charge in [-0.1, -0.05) is 12.1 Å². The van der Waals surface area contributed by atoms with Crippen LogP contribution in [-0.2, 0) is 9.59 Å². The molecule has 6 nitrogen and oxygen atoms in total. The Balaban J connectivity index is 1.56. The number of methoxy groups -OCH3 is 1. The highest BCUT2D eigenvalue weighted by molar-refractivity contribution is 5.97. The van der Waals surface area contributed by atoms with E-state index in [1.54, 1.807) is 30.2 Å².